The first-order chi connectivity index (χ1) is 9.74. The Kier molecular flexibility index (Phi) is 6.05. The lowest BCUT2D eigenvalue weighted by Gasteiger charge is -2.22. The number of rotatable bonds is 5. The van der Waals surface area contributed by atoms with Crippen molar-refractivity contribution in [2.45, 2.75) is 38.1 Å². The number of nitrogens with zero attached hydrogens (tertiary/aromatic N) is 1. The van der Waals surface area contributed by atoms with Crippen LogP contribution in [0.2, 0.25) is 0 Å². The van der Waals surface area contributed by atoms with E-state index in [2.05, 4.69) is 26.4 Å². The molecule has 0 saturated heterocycles. The molecule has 1 amide bonds. The average Bonchev–Trinajstić information content (AvgIpc) is 2.46. The minimum absolute atomic E-state index is 0.0243. The van der Waals surface area contributed by atoms with E-state index in [1.165, 1.54) is 19.3 Å². The van der Waals surface area contributed by atoms with Gasteiger partial charge in [-0.1, -0.05) is 52.5 Å². The molecule has 1 fully saturated rings. The lowest BCUT2D eigenvalue weighted by Crippen LogP contribution is -2.38. The maximum Gasteiger partial charge on any atom is 0.260 e. The van der Waals surface area contributed by atoms with Crippen LogP contribution in [0.3, 0.4) is 0 Å². The maximum absolute atomic E-state index is 11.7. The molecule has 0 radical (unpaired) electrons. The highest BCUT2D eigenvalue weighted by Gasteiger charge is 2.15. The minimum atomic E-state index is -0.0927. The molecule has 1 aliphatic carbocycles. The Morgan fingerprint density at radius 1 is 1.30 bits per heavy atom. The molecule has 108 valence electrons. The molecule has 4 nitrogen and oxygen atoms in total. The molecule has 20 heavy (non-hydrogen) atoms. The predicted octanol–water partition coefficient (Wildman–Crippen LogP) is 3.25. The van der Waals surface area contributed by atoms with E-state index in [-0.39, 0.29) is 12.5 Å². The van der Waals surface area contributed by atoms with E-state index < -0.39 is 0 Å². The topological polar surface area (TPSA) is 50.7 Å². The summed E-state index contributed by atoms with van der Waals surface area (Å²) in [6.45, 7) is -0.0243. The zero-order chi connectivity index (χ0) is 14.2. The van der Waals surface area contributed by atoms with Crippen molar-refractivity contribution in [1.82, 2.24) is 5.32 Å². The van der Waals surface area contributed by atoms with E-state index in [0.29, 0.717) is 6.04 Å². The molecule has 2 rings (SSSR count). The van der Waals surface area contributed by atoms with Crippen molar-refractivity contribution in [3.05, 3.63) is 34.3 Å². The number of halogens is 1. The monoisotopic (exact) mass is 338 g/mol. The Balaban J connectivity index is 1.66. The molecule has 1 aromatic rings. The lowest BCUT2D eigenvalue weighted by molar-refractivity contribution is -0.126. The minimum Gasteiger partial charge on any atom is -0.386 e. The normalized spacial score (nSPS) is 16.2. The fourth-order valence-corrected chi connectivity index (χ4v) is 2.52. The summed E-state index contributed by atoms with van der Waals surface area (Å²) >= 11 is 3.36. The molecule has 0 aliphatic heterocycles. The summed E-state index contributed by atoms with van der Waals surface area (Å²) in [5, 5.41) is 6.78. The number of hydrogen-bond acceptors (Lipinski definition) is 3. The summed E-state index contributed by atoms with van der Waals surface area (Å²) in [5.74, 6) is -0.0927. The van der Waals surface area contributed by atoms with Gasteiger partial charge in [0.15, 0.2) is 6.61 Å². The molecule has 0 atom stereocenters. The number of carbonyl (C=O) groups excluding carboxylic acids is 1. The van der Waals surface area contributed by atoms with Gasteiger partial charge < -0.3 is 10.2 Å². The molecule has 1 saturated carbocycles. The average molecular weight is 339 g/mol. The Hall–Kier alpha value is -1.36. The van der Waals surface area contributed by atoms with E-state index in [4.69, 9.17) is 4.84 Å². The summed E-state index contributed by atoms with van der Waals surface area (Å²) in [6.07, 6.45) is 7.43. The summed E-state index contributed by atoms with van der Waals surface area (Å²) < 4.78 is 1.02. The number of carbonyl (C=O) groups is 1. The predicted molar refractivity (Wildman–Crippen MR) is 82.7 cm³/mol. The van der Waals surface area contributed by atoms with Crippen LogP contribution >= 0.6 is 15.9 Å². The third kappa shape index (κ3) is 5.33. The van der Waals surface area contributed by atoms with Crippen molar-refractivity contribution in [2.75, 3.05) is 6.61 Å². The second kappa shape index (κ2) is 8.04. The SMILES string of the molecule is O=C(CO/N=C\c1ccc(Br)cc1)NC1CCCCC1. The van der Waals surface area contributed by atoms with Crippen molar-refractivity contribution in [2.24, 2.45) is 5.16 Å². The van der Waals surface area contributed by atoms with Crippen LogP contribution in [0.15, 0.2) is 33.9 Å². The molecular weight excluding hydrogens is 320 g/mol. The molecule has 1 N–H and O–H groups in total. The second-order valence-corrected chi connectivity index (χ2v) is 5.88. The number of hydrogen-bond donors (Lipinski definition) is 1. The van der Waals surface area contributed by atoms with E-state index in [1.807, 2.05) is 24.3 Å². The van der Waals surface area contributed by atoms with Crippen molar-refractivity contribution in [1.29, 1.82) is 0 Å². The van der Waals surface area contributed by atoms with Crippen molar-refractivity contribution in [3.8, 4) is 0 Å². The van der Waals surface area contributed by atoms with Crippen LogP contribution in [0.4, 0.5) is 0 Å². The van der Waals surface area contributed by atoms with Crippen LogP contribution in [0.25, 0.3) is 0 Å². The van der Waals surface area contributed by atoms with Crippen LogP contribution < -0.4 is 5.32 Å². The highest BCUT2D eigenvalue weighted by molar-refractivity contribution is 9.10. The van der Waals surface area contributed by atoms with Gasteiger partial charge in [0.2, 0.25) is 0 Å². The summed E-state index contributed by atoms with van der Waals surface area (Å²) in [5.41, 5.74) is 0.931. The number of amides is 1. The zero-order valence-electron chi connectivity index (χ0n) is 11.3. The lowest BCUT2D eigenvalue weighted by atomic mass is 9.95. The van der Waals surface area contributed by atoms with Gasteiger partial charge in [0.25, 0.3) is 5.91 Å². The van der Waals surface area contributed by atoms with Crippen molar-refractivity contribution < 1.29 is 9.63 Å². The third-order valence-electron chi connectivity index (χ3n) is 3.31. The quantitative estimate of drug-likeness (QED) is 0.661. The Bertz CT molecular complexity index is 453. The van der Waals surface area contributed by atoms with Crippen LogP contribution in [-0.2, 0) is 9.63 Å². The summed E-state index contributed by atoms with van der Waals surface area (Å²) in [7, 11) is 0. The smallest absolute Gasteiger partial charge is 0.260 e. The molecule has 0 heterocycles. The largest absolute Gasteiger partial charge is 0.386 e. The van der Waals surface area contributed by atoms with Gasteiger partial charge in [0, 0.05) is 10.5 Å². The van der Waals surface area contributed by atoms with E-state index in [0.717, 1.165) is 22.9 Å². The Labute approximate surface area is 127 Å². The number of nitrogens with one attached hydrogen (secondary N) is 1. The van der Waals surface area contributed by atoms with Gasteiger partial charge in [-0.05, 0) is 30.5 Å². The third-order valence-corrected chi connectivity index (χ3v) is 3.84. The van der Waals surface area contributed by atoms with Crippen LogP contribution in [0, 0.1) is 0 Å². The Morgan fingerprint density at radius 2 is 2.00 bits per heavy atom. The maximum atomic E-state index is 11.7. The fraction of sp³-hybridized carbons (Fsp3) is 0.467. The van der Waals surface area contributed by atoms with Crippen LogP contribution in [0.5, 0.6) is 0 Å². The van der Waals surface area contributed by atoms with E-state index in [9.17, 15) is 4.79 Å². The van der Waals surface area contributed by atoms with E-state index >= 15 is 0 Å². The van der Waals surface area contributed by atoms with E-state index in [1.54, 1.807) is 6.21 Å². The second-order valence-electron chi connectivity index (χ2n) is 4.96. The molecule has 0 spiro atoms. The fourth-order valence-electron chi connectivity index (χ4n) is 2.26. The summed E-state index contributed by atoms with van der Waals surface area (Å²) in [4.78, 5) is 16.7. The molecule has 0 unspecified atom stereocenters. The van der Waals surface area contributed by atoms with Gasteiger partial charge in [-0.3, -0.25) is 4.79 Å². The Morgan fingerprint density at radius 3 is 2.70 bits per heavy atom. The molecule has 1 aliphatic rings. The first-order valence-electron chi connectivity index (χ1n) is 6.94. The van der Waals surface area contributed by atoms with Crippen LogP contribution in [-0.4, -0.2) is 24.8 Å². The molecule has 5 heteroatoms. The van der Waals surface area contributed by atoms with Gasteiger partial charge in [-0.25, -0.2) is 0 Å². The molecule has 0 bridgehead atoms. The first kappa shape index (κ1) is 15.0. The molecule has 0 aromatic heterocycles. The molecule has 1 aromatic carbocycles. The highest BCUT2D eigenvalue weighted by atomic mass is 79.9. The number of benzene rings is 1. The highest BCUT2D eigenvalue weighted by Crippen LogP contribution is 2.17. The summed E-state index contributed by atoms with van der Waals surface area (Å²) in [6, 6.07) is 8.00. The van der Waals surface area contributed by atoms with Gasteiger partial charge >= 0.3 is 0 Å². The van der Waals surface area contributed by atoms with Crippen molar-refractivity contribution >= 4 is 28.1 Å². The van der Waals surface area contributed by atoms with Crippen LogP contribution in [0.1, 0.15) is 37.7 Å². The van der Waals surface area contributed by atoms with Gasteiger partial charge in [0.05, 0.1) is 6.21 Å². The number of oxime groups is 1. The van der Waals surface area contributed by atoms with Gasteiger partial charge in [-0.15, -0.1) is 0 Å². The molecular formula is C15H19BrN2O2. The van der Waals surface area contributed by atoms with Gasteiger partial charge in [0.1, 0.15) is 0 Å². The first-order valence-corrected chi connectivity index (χ1v) is 7.73. The van der Waals surface area contributed by atoms with Crippen molar-refractivity contribution in [3.63, 3.8) is 0 Å². The van der Waals surface area contributed by atoms with Gasteiger partial charge in [-0.2, -0.15) is 0 Å². The standard InChI is InChI=1S/C15H19BrN2O2/c16-13-8-6-12(7-9-13)10-17-20-11-15(19)18-14-4-2-1-3-5-14/h6-10,14H,1-5,11H2,(H,18,19)/b17-10-. The zero-order valence-corrected chi connectivity index (χ0v) is 12.9.